The zero-order valence-corrected chi connectivity index (χ0v) is 11.6. The van der Waals surface area contributed by atoms with Crippen molar-refractivity contribution in [3.8, 4) is 0 Å². The molecule has 0 aromatic heterocycles. The summed E-state index contributed by atoms with van der Waals surface area (Å²) in [5.74, 6) is -0.722. The maximum absolute atomic E-state index is 12.3. The number of benzene rings is 1. The first kappa shape index (κ1) is 14.5. The monoisotopic (exact) mass is 276 g/mol. The van der Waals surface area contributed by atoms with Crippen LogP contribution in [0.4, 0.5) is 5.69 Å². The summed E-state index contributed by atoms with van der Waals surface area (Å²) in [5.41, 5.74) is 6.16. The summed E-state index contributed by atoms with van der Waals surface area (Å²) < 4.78 is 0. The molecule has 0 spiro atoms. The third-order valence-corrected chi connectivity index (χ3v) is 3.87. The van der Waals surface area contributed by atoms with Crippen LogP contribution < -0.4 is 11.1 Å². The highest BCUT2D eigenvalue weighted by Gasteiger charge is 2.37. The van der Waals surface area contributed by atoms with E-state index in [4.69, 9.17) is 10.8 Å². The molecule has 1 aliphatic rings. The molecule has 1 aromatic rings. The van der Waals surface area contributed by atoms with Crippen LogP contribution >= 0.6 is 0 Å². The Morgan fingerprint density at radius 3 is 2.55 bits per heavy atom. The summed E-state index contributed by atoms with van der Waals surface area (Å²) in [4.78, 5) is 23.1. The molecule has 1 aromatic carbocycles. The number of nitrogens with one attached hydrogen (secondary N) is 1. The molecule has 0 heterocycles. The number of carbonyl (C=O) groups excluding carboxylic acids is 1. The second kappa shape index (κ2) is 5.63. The highest BCUT2D eigenvalue weighted by atomic mass is 16.4. The Labute approximate surface area is 118 Å². The lowest BCUT2D eigenvalue weighted by atomic mass is 9.76. The molecule has 2 rings (SSSR count). The van der Waals surface area contributed by atoms with Crippen LogP contribution in [0.25, 0.3) is 0 Å². The fourth-order valence-electron chi connectivity index (χ4n) is 2.75. The topological polar surface area (TPSA) is 92.4 Å². The van der Waals surface area contributed by atoms with Crippen molar-refractivity contribution >= 4 is 17.6 Å². The van der Waals surface area contributed by atoms with Crippen molar-refractivity contribution in [3.05, 3.63) is 29.8 Å². The predicted octanol–water partition coefficient (Wildman–Crippen LogP) is 2.23. The standard InChI is InChI=1S/C15H20N2O3/c1-10-3-2-8-15(16,9-10)14(20)17-12-6-4-11(5-7-12)13(18)19/h4-7,10H,2-3,8-9,16H2,1H3,(H,17,20)(H,18,19). The van der Waals surface area contributed by atoms with Crippen molar-refractivity contribution in [2.45, 2.75) is 38.1 Å². The van der Waals surface area contributed by atoms with E-state index >= 15 is 0 Å². The molecule has 0 aliphatic heterocycles. The van der Waals surface area contributed by atoms with Gasteiger partial charge in [-0.2, -0.15) is 0 Å². The van der Waals surface area contributed by atoms with Crippen LogP contribution in [0.3, 0.4) is 0 Å². The van der Waals surface area contributed by atoms with Gasteiger partial charge in [0.1, 0.15) is 0 Å². The number of carbonyl (C=O) groups is 2. The van der Waals surface area contributed by atoms with Gasteiger partial charge in [0.2, 0.25) is 5.91 Å². The smallest absolute Gasteiger partial charge is 0.335 e. The average molecular weight is 276 g/mol. The van der Waals surface area contributed by atoms with E-state index in [-0.39, 0.29) is 11.5 Å². The van der Waals surface area contributed by atoms with Crippen LogP contribution in [0.1, 0.15) is 43.0 Å². The fourth-order valence-corrected chi connectivity index (χ4v) is 2.75. The molecule has 4 N–H and O–H groups in total. The van der Waals surface area contributed by atoms with E-state index in [0.29, 0.717) is 24.4 Å². The highest BCUT2D eigenvalue weighted by Crippen LogP contribution is 2.31. The number of rotatable bonds is 3. The van der Waals surface area contributed by atoms with E-state index in [2.05, 4.69) is 12.2 Å². The SMILES string of the molecule is CC1CCCC(N)(C(=O)Nc2ccc(C(=O)O)cc2)C1. The van der Waals surface area contributed by atoms with E-state index in [1.807, 2.05) is 0 Å². The van der Waals surface area contributed by atoms with E-state index in [1.54, 1.807) is 12.1 Å². The maximum atomic E-state index is 12.3. The number of hydrogen-bond acceptors (Lipinski definition) is 3. The van der Waals surface area contributed by atoms with Crippen LogP contribution in [-0.2, 0) is 4.79 Å². The van der Waals surface area contributed by atoms with E-state index in [1.165, 1.54) is 12.1 Å². The van der Waals surface area contributed by atoms with Crippen molar-refractivity contribution in [1.82, 2.24) is 0 Å². The number of nitrogens with two attached hydrogens (primary N) is 1. The third-order valence-electron chi connectivity index (χ3n) is 3.87. The fraction of sp³-hybridized carbons (Fsp3) is 0.467. The molecule has 0 saturated heterocycles. The minimum absolute atomic E-state index is 0.188. The zero-order valence-electron chi connectivity index (χ0n) is 11.6. The molecule has 0 radical (unpaired) electrons. The van der Waals surface area contributed by atoms with E-state index in [0.717, 1.165) is 12.8 Å². The number of aromatic carboxylic acids is 1. The van der Waals surface area contributed by atoms with Gasteiger partial charge < -0.3 is 16.2 Å². The predicted molar refractivity (Wildman–Crippen MR) is 76.6 cm³/mol. The van der Waals surface area contributed by atoms with E-state index in [9.17, 15) is 9.59 Å². The first-order valence-electron chi connectivity index (χ1n) is 6.84. The Hall–Kier alpha value is -1.88. The third kappa shape index (κ3) is 3.17. The molecule has 5 nitrogen and oxygen atoms in total. The summed E-state index contributed by atoms with van der Waals surface area (Å²) in [6.07, 6.45) is 3.45. The first-order chi connectivity index (χ1) is 9.40. The van der Waals surface area contributed by atoms with Crippen molar-refractivity contribution in [1.29, 1.82) is 0 Å². The Morgan fingerprint density at radius 2 is 2.00 bits per heavy atom. The summed E-state index contributed by atoms with van der Waals surface area (Å²) in [7, 11) is 0. The lowest BCUT2D eigenvalue weighted by Crippen LogP contribution is -2.53. The minimum Gasteiger partial charge on any atom is -0.478 e. The minimum atomic E-state index is -0.987. The summed E-state index contributed by atoms with van der Waals surface area (Å²) in [6.45, 7) is 2.11. The normalized spacial score (nSPS) is 26.0. The number of carboxylic acid groups (broad SMARTS) is 1. The molecular formula is C15H20N2O3. The van der Waals surface area contributed by atoms with Gasteiger partial charge in [0, 0.05) is 5.69 Å². The summed E-state index contributed by atoms with van der Waals surface area (Å²) in [5, 5.41) is 11.6. The number of anilines is 1. The van der Waals surface area contributed by atoms with Gasteiger partial charge in [0.25, 0.3) is 0 Å². The lowest BCUT2D eigenvalue weighted by Gasteiger charge is -2.35. The van der Waals surface area contributed by atoms with Gasteiger partial charge in [-0.05, 0) is 43.0 Å². The molecular weight excluding hydrogens is 256 g/mol. The molecule has 1 amide bonds. The molecule has 2 atom stereocenters. The summed E-state index contributed by atoms with van der Waals surface area (Å²) >= 11 is 0. The van der Waals surface area contributed by atoms with Gasteiger partial charge in [-0.1, -0.05) is 19.8 Å². The van der Waals surface area contributed by atoms with Crippen LogP contribution in [-0.4, -0.2) is 22.5 Å². The van der Waals surface area contributed by atoms with Crippen LogP contribution in [0.2, 0.25) is 0 Å². The largest absolute Gasteiger partial charge is 0.478 e. The average Bonchev–Trinajstić information content (AvgIpc) is 2.39. The molecule has 0 bridgehead atoms. The van der Waals surface area contributed by atoms with Gasteiger partial charge in [-0.15, -0.1) is 0 Å². The number of hydrogen-bond donors (Lipinski definition) is 3. The second-order valence-electron chi connectivity index (χ2n) is 5.69. The molecule has 5 heteroatoms. The lowest BCUT2D eigenvalue weighted by molar-refractivity contribution is -0.122. The van der Waals surface area contributed by atoms with Gasteiger partial charge in [-0.25, -0.2) is 4.79 Å². The second-order valence-corrected chi connectivity index (χ2v) is 5.69. The van der Waals surface area contributed by atoms with Gasteiger partial charge in [-0.3, -0.25) is 4.79 Å². The highest BCUT2D eigenvalue weighted by molar-refractivity contribution is 5.98. The van der Waals surface area contributed by atoms with Crippen molar-refractivity contribution < 1.29 is 14.7 Å². The quantitative estimate of drug-likeness (QED) is 0.789. The zero-order chi connectivity index (χ0) is 14.8. The van der Waals surface area contributed by atoms with Gasteiger partial charge in [0.15, 0.2) is 0 Å². The van der Waals surface area contributed by atoms with Crippen molar-refractivity contribution in [2.24, 2.45) is 11.7 Å². The van der Waals surface area contributed by atoms with Crippen LogP contribution in [0.5, 0.6) is 0 Å². The van der Waals surface area contributed by atoms with Crippen molar-refractivity contribution in [2.75, 3.05) is 5.32 Å². The molecule has 20 heavy (non-hydrogen) atoms. The maximum Gasteiger partial charge on any atom is 0.335 e. The summed E-state index contributed by atoms with van der Waals surface area (Å²) in [6, 6.07) is 6.09. The Morgan fingerprint density at radius 1 is 1.35 bits per heavy atom. The molecule has 1 fully saturated rings. The van der Waals surface area contributed by atoms with Crippen LogP contribution in [0.15, 0.2) is 24.3 Å². The van der Waals surface area contributed by atoms with Crippen LogP contribution in [0, 0.1) is 5.92 Å². The Bertz CT molecular complexity index is 512. The molecule has 1 saturated carbocycles. The molecule has 1 aliphatic carbocycles. The van der Waals surface area contributed by atoms with Crippen molar-refractivity contribution in [3.63, 3.8) is 0 Å². The molecule has 2 unspecified atom stereocenters. The van der Waals surface area contributed by atoms with Gasteiger partial charge in [0.05, 0.1) is 11.1 Å². The number of carboxylic acids is 1. The molecule has 108 valence electrons. The number of amides is 1. The van der Waals surface area contributed by atoms with E-state index < -0.39 is 11.5 Å². The van der Waals surface area contributed by atoms with Gasteiger partial charge >= 0.3 is 5.97 Å². The first-order valence-corrected chi connectivity index (χ1v) is 6.84. The Kier molecular flexibility index (Phi) is 4.09. The Balaban J connectivity index is 2.05.